The molecule has 218 valence electrons. The Labute approximate surface area is 248 Å². The molecule has 0 bridgehead atoms. The van der Waals surface area contributed by atoms with E-state index in [9.17, 15) is 14.7 Å². The summed E-state index contributed by atoms with van der Waals surface area (Å²) in [5.41, 5.74) is 8.03. The van der Waals surface area contributed by atoms with E-state index in [1.165, 1.54) is 0 Å². The maximum Gasteiger partial charge on any atom is 0.335 e. The number of carboxylic acids is 1. The highest BCUT2D eigenvalue weighted by Gasteiger charge is 2.37. The predicted molar refractivity (Wildman–Crippen MR) is 165 cm³/mol. The van der Waals surface area contributed by atoms with E-state index in [0.29, 0.717) is 36.0 Å². The monoisotopic (exact) mass is 587 g/mol. The number of halogens is 1. The molecule has 0 saturated carbocycles. The third kappa shape index (κ3) is 4.14. The normalized spacial score (nSPS) is 15.3. The zero-order valence-electron chi connectivity index (χ0n) is 24.7. The van der Waals surface area contributed by atoms with Crippen molar-refractivity contribution in [2.45, 2.75) is 39.7 Å². The number of anilines is 1. The van der Waals surface area contributed by atoms with Crippen molar-refractivity contribution in [3.8, 4) is 11.1 Å². The number of nitrogens with zero attached hydrogens (tertiary/aromatic N) is 5. The number of benzene rings is 2. The summed E-state index contributed by atoms with van der Waals surface area (Å²) in [5.74, 6) is -1.12. The molecule has 4 heterocycles. The first-order valence-electron chi connectivity index (χ1n) is 14.0. The molecule has 0 unspecified atom stereocenters. The highest BCUT2D eigenvalue weighted by molar-refractivity contribution is 6.35. The van der Waals surface area contributed by atoms with Gasteiger partial charge in [-0.3, -0.25) is 9.48 Å². The molecule has 0 radical (unpaired) electrons. The fourth-order valence-corrected chi connectivity index (χ4v) is 6.87. The number of methoxy groups -OCH3 is 1. The molecule has 1 atom stereocenters. The zero-order valence-corrected chi connectivity index (χ0v) is 25.4. The van der Waals surface area contributed by atoms with Crippen molar-refractivity contribution in [1.29, 1.82) is 0 Å². The van der Waals surface area contributed by atoms with Crippen LogP contribution >= 0.6 is 11.6 Å². The topological polar surface area (TPSA) is 94.5 Å². The molecule has 2 aromatic carbocycles. The lowest BCUT2D eigenvalue weighted by Gasteiger charge is -2.34. The van der Waals surface area contributed by atoms with E-state index in [1.54, 1.807) is 30.2 Å². The number of aromatic nitrogens is 4. The quantitative estimate of drug-likeness (QED) is 0.225. The molecule has 0 aliphatic carbocycles. The van der Waals surface area contributed by atoms with Crippen molar-refractivity contribution in [2.24, 2.45) is 14.1 Å². The molecule has 0 spiro atoms. The number of hydrogen-bond donors (Lipinski definition) is 1. The minimum absolute atomic E-state index is 0.0937. The number of carboxylic acid groups (broad SMARTS) is 1. The Balaban J connectivity index is 1.62. The van der Waals surface area contributed by atoms with Gasteiger partial charge in [-0.25, -0.2) is 4.79 Å². The molecule has 10 heteroatoms. The summed E-state index contributed by atoms with van der Waals surface area (Å²) in [6.45, 7) is 7.12. The van der Waals surface area contributed by atoms with Gasteiger partial charge >= 0.3 is 5.97 Å². The second-order valence-electron chi connectivity index (χ2n) is 11.2. The van der Waals surface area contributed by atoms with Gasteiger partial charge in [-0.05, 0) is 63.4 Å². The van der Waals surface area contributed by atoms with Gasteiger partial charge in [0.1, 0.15) is 5.69 Å². The van der Waals surface area contributed by atoms with Crippen LogP contribution in [0.25, 0.3) is 32.9 Å². The first kappa shape index (κ1) is 28.1. The lowest BCUT2D eigenvalue weighted by molar-refractivity contribution is 0.0697. The smallest absolute Gasteiger partial charge is 0.335 e. The fraction of sp³-hybridized carbons (Fsp3) is 0.344. The molecule has 9 nitrogen and oxygen atoms in total. The van der Waals surface area contributed by atoms with Crippen molar-refractivity contribution >= 4 is 51.0 Å². The van der Waals surface area contributed by atoms with Gasteiger partial charge in [0.05, 0.1) is 27.5 Å². The van der Waals surface area contributed by atoms with E-state index in [-0.39, 0.29) is 17.5 Å². The van der Waals surface area contributed by atoms with E-state index >= 15 is 0 Å². The van der Waals surface area contributed by atoms with Crippen LogP contribution in [-0.4, -0.2) is 56.2 Å². The summed E-state index contributed by atoms with van der Waals surface area (Å²) in [7, 11) is 5.51. The minimum Gasteiger partial charge on any atom is -0.478 e. The first-order valence-corrected chi connectivity index (χ1v) is 14.4. The molecule has 6 rings (SSSR count). The third-order valence-electron chi connectivity index (χ3n) is 8.60. The molecular formula is C32H34ClN5O4. The second kappa shape index (κ2) is 10.3. The molecule has 1 N–H and O–H groups in total. The van der Waals surface area contributed by atoms with E-state index in [4.69, 9.17) is 16.3 Å². The standard InChI is InChI=1S/C32H34ClN5O4/c1-17-15-37(26-16-35(4)25-12-9-20(32(40)41)14-23(25)26)31(39)30-21(8-7-13-42-6)22-10-11-24(33)28(29(22)38(17)30)27-18(2)34-36(5)19(27)3/h9-12,14,16-17H,7-8,13,15H2,1-6H3,(H,40,41)/t17-/m1/s1. The van der Waals surface area contributed by atoms with Crippen molar-refractivity contribution in [1.82, 2.24) is 18.9 Å². The van der Waals surface area contributed by atoms with Crippen LogP contribution in [0.1, 0.15) is 57.2 Å². The number of rotatable bonds is 7. The Hall–Kier alpha value is -4.08. The third-order valence-corrected chi connectivity index (χ3v) is 8.91. The van der Waals surface area contributed by atoms with Crippen LogP contribution in [-0.2, 0) is 25.3 Å². The lowest BCUT2D eigenvalue weighted by atomic mass is 9.98. The number of fused-ring (bicyclic) bond motifs is 4. The number of ether oxygens (including phenoxy) is 1. The number of aryl methyl sites for hydroxylation is 4. The van der Waals surface area contributed by atoms with Gasteiger partial charge in [0.25, 0.3) is 5.91 Å². The predicted octanol–water partition coefficient (Wildman–Crippen LogP) is 6.30. The maximum atomic E-state index is 14.6. The summed E-state index contributed by atoms with van der Waals surface area (Å²) >= 11 is 6.97. The van der Waals surface area contributed by atoms with Gasteiger partial charge < -0.3 is 23.9 Å². The van der Waals surface area contributed by atoms with Gasteiger partial charge in [0, 0.05) is 79.7 Å². The van der Waals surface area contributed by atoms with Crippen LogP contribution < -0.4 is 4.90 Å². The minimum atomic E-state index is -1.00. The average Bonchev–Trinajstić information content (AvgIpc) is 3.55. The Morgan fingerprint density at radius 1 is 1.14 bits per heavy atom. The number of aromatic carboxylic acids is 1. The van der Waals surface area contributed by atoms with Crippen molar-refractivity contribution in [3.63, 3.8) is 0 Å². The highest BCUT2D eigenvalue weighted by Crippen LogP contribution is 2.45. The SMILES string of the molecule is COCCCc1c2n(c3c(-c4c(C)nn(C)c4C)c(Cl)ccc13)[C@H](C)CN(c1cn(C)c3ccc(C(=O)O)cc13)C2=O. The van der Waals surface area contributed by atoms with Gasteiger partial charge in [-0.2, -0.15) is 5.10 Å². The van der Waals surface area contributed by atoms with Crippen molar-refractivity contribution < 1.29 is 19.4 Å². The van der Waals surface area contributed by atoms with E-state index in [0.717, 1.165) is 56.3 Å². The Bertz CT molecular complexity index is 1910. The van der Waals surface area contributed by atoms with E-state index in [1.807, 2.05) is 55.5 Å². The van der Waals surface area contributed by atoms with Crippen LogP contribution in [0.15, 0.2) is 36.5 Å². The first-order chi connectivity index (χ1) is 20.0. The van der Waals surface area contributed by atoms with Crippen LogP contribution in [0.3, 0.4) is 0 Å². The van der Waals surface area contributed by atoms with Gasteiger partial charge in [0.2, 0.25) is 0 Å². The Morgan fingerprint density at radius 2 is 1.90 bits per heavy atom. The molecule has 0 fully saturated rings. The fourth-order valence-electron chi connectivity index (χ4n) is 6.62. The molecule has 1 amide bonds. The van der Waals surface area contributed by atoms with Crippen LogP contribution in [0.4, 0.5) is 5.69 Å². The molecular weight excluding hydrogens is 554 g/mol. The number of carbonyl (C=O) groups excluding carboxylic acids is 1. The van der Waals surface area contributed by atoms with Crippen LogP contribution in [0, 0.1) is 13.8 Å². The molecule has 1 aliphatic heterocycles. The van der Waals surface area contributed by atoms with Crippen molar-refractivity contribution in [2.75, 3.05) is 25.2 Å². The number of amides is 1. The van der Waals surface area contributed by atoms with Crippen molar-refractivity contribution in [3.05, 3.63) is 69.8 Å². The summed E-state index contributed by atoms with van der Waals surface area (Å²) in [6.07, 6.45) is 3.32. The average molecular weight is 588 g/mol. The number of hydrogen-bond acceptors (Lipinski definition) is 4. The lowest BCUT2D eigenvalue weighted by Crippen LogP contribution is -2.42. The maximum absolute atomic E-state index is 14.6. The number of carbonyl (C=O) groups is 2. The molecule has 0 saturated heterocycles. The van der Waals surface area contributed by atoms with Crippen LogP contribution in [0.2, 0.25) is 5.02 Å². The molecule has 5 aromatic rings. The highest BCUT2D eigenvalue weighted by atomic mass is 35.5. The molecule has 1 aliphatic rings. The van der Waals surface area contributed by atoms with Gasteiger partial charge in [-0.1, -0.05) is 17.7 Å². The zero-order chi connectivity index (χ0) is 30.0. The largest absolute Gasteiger partial charge is 0.478 e. The molecule has 42 heavy (non-hydrogen) atoms. The summed E-state index contributed by atoms with van der Waals surface area (Å²) in [6, 6.07) is 8.89. The van der Waals surface area contributed by atoms with E-state index in [2.05, 4.69) is 16.6 Å². The summed E-state index contributed by atoms with van der Waals surface area (Å²) < 4.78 is 11.3. The van der Waals surface area contributed by atoms with E-state index < -0.39 is 5.97 Å². The van der Waals surface area contributed by atoms with Gasteiger partial charge in [-0.15, -0.1) is 0 Å². The Morgan fingerprint density at radius 3 is 2.57 bits per heavy atom. The van der Waals surface area contributed by atoms with Crippen LogP contribution in [0.5, 0.6) is 0 Å². The second-order valence-corrected chi connectivity index (χ2v) is 11.6. The summed E-state index contributed by atoms with van der Waals surface area (Å²) in [4.78, 5) is 28.2. The van der Waals surface area contributed by atoms with Gasteiger partial charge in [0.15, 0.2) is 0 Å². The molecule has 3 aromatic heterocycles. The summed E-state index contributed by atoms with van der Waals surface area (Å²) in [5, 5.41) is 16.7. The Kier molecular flexibility index (Phi) is 6.90.